The van der Waals surface area contributed by atoms with Gasteiger partial charge in [0.05, 0.1) is 6.54 Å². The molecule has 0 fully saturated rings. The lowest BCUT2D eigenvalue weighted by atomic mass is 10.2. The smallest absolute Gasteiger partial charge is 0.259 e. The molecule has 0 atom stereocenters. The highest BCUT2D eigenvalue weighted by atomic mass is 35.5. The lowest BCUT2D eigenvalue weighted by molar-refractivity contribution is 0.0860. The van der Waals surface area contributed by atoms with Crippen LogP contribution in [0.15, 0.2) is 53.5 Å². The Morgan fingerprint density at radius 2 is 1.87 bits per heavy atom. The second-order valence-electron chi connectivity index (χ2n) is 5.04. The summed E-state index contributed by atoms with van der Waals surface area (Å²) in [5, 5.41) is 1.40. The number of hydrogen-bond acceptors (Lipinski definition) is 3. The van der Waals surface area contributed by atoms with Crippen LogP contribution in [0.4, 0.5) is 4.39 Å². The van der Waals surface area contributed by atoms with Crippen molar-refractivity contribution in [3.8, 4) is 0 Å². The third kappa shape index (κ3) is 3.92. The van der Waals surface area contributed by atoms with Crippen LogP contribution in [0.1, 0.15) is 15.9 Å². The number of nitrogens with zero attached hydrogens (tertiary/aromatic N) is 2. The summed E-state index contributed by atoms with van der Waals surface area (Å²) >= 11 is 7.39. The highest BCUT2D eigenvalue weighted by Gasteiger charge is 2.25. The zero-order valence-electron chi connectivity index (χ0n) is 12.2. The zero-order chi connectivity index (χ0) is 16.2. The number of thioether (sulfide) groups is 1. The van der Waals surface area contributed by atoms with Crippen molar-refractivity contribution in [3.05, 3.63) is 70.5 Å². The standard InChI is InChI=1S/C17H14ClFN2OS/c18-14-5-1-12(2-6-14)11-23-17-20-9-10-21(17)16(22)13-3-7-15(19)8-4-13/h1-8H,9-11H2. The summed E-state index contributed by atoms with van der Waals surface area (Å²) in [5.74, 6) is 0.210. The summed E-state index contributed by atoms with van der Waals surface area (Å²) in [7, 11) is 0. The highest BCUT2D eigenvalue weighted by Crippen LogP contribution is 2.22. The molecule has 0 aliphatic carbocycles. The van der Waals surface area contributed by atoms with E-state index >= 15 is 0 Å². The Labute approximate surface area is 143 Å². The van der Waals surface area contributed by atoms with Gasteiger partial charge < -0.3 is 0 Å². The number of carbonyl (C=O) groups excluding carboxylic acids is 1. The highest BCUT2D eigenvalue weighted by molar-refractivity contribution is 8.13. The second kappa shape index (κ2) is 7.15. The molecule has 0 saturated heterocycles. The molecule has 2 aromatic rings. The number of carbonyl (C=O) groups is 1. The van der Waals surface area contributed by atoms with Crippen molar-refractivity contribution >= 4 is 34.4 Å². The van der Waals surface area contributed by atoms with Crippen molar-refractivity contribution in [1.82, 2.24) is 4.90 Å². The molecule has 1 aliphatic heterocycles. The largest absolute Gasteiger partial charge is 0.286 e. The number of amides is 1. The summed E-state index contributed by atoms with van der Waals surface area (Å²) in [4.78, 5) is 18.6. The first-order valence-corrected chi connectivity index (χ1v) is 8.49. The number of aliphatic imine (C=N–C) groups is 1. The molecule has 0 aromatic heterocycles. The topological polar surface area (TPSA) is 32.7 Å². The Kier molecular flexibility index (Phi) is 4.98. The Balaban J connectivity index is 1.66. The molecule has 3 rings (SSSR count). The minimum Gasteiger partial charge on any atom is -0.286 e. The van der Waals surface area contributed by atoms with Crippen molar-refractivity contribution in [2.24, 2.45) is 4.99 Å². The molecule has 6 heteroatoms. The maximum Gasteiger partial charge on any atom is 0.259 e. The van der Waals surface area contributed by atoms with E-state index in [-0.39, 0.29) is 11.7 Å². The minimum atomic E-state index is -0.353. The number of halogens is 2. The van der Waals surface area contributed by atoms with E-state index in [0.717, 1.165) is 5.56 Å². The lowest BCUT2D eigenvalue weighted by Gasteiger charge is -2.18. The van der Waals surface area contributed by atoms with Gasteiger partial charge in [-0.05, 0) is 42.0 Å². The molecular weight excluding hydrogens is 335 g/mol. The summed E-state index contributed by atoms with van der Waals surface area (Å²) in [6.45, 7) is 1.15. The SMILES string of the molecule is O=C(c1ccc(F)cc1)N1CCN=C1SCc1ccc(Cl)cc1. The quantitative estimate of drug-likeness (QED) is 0.831. The molecule has 1 heterocycles. The molecule has 1 amide bonds. The second-order valence-corrected chi connectivity index (χ2v) is 6.42. The molecule has 1 aliphatic rings. The van der Waals surface area contributed by atoms with Gasteiger partial charge >= 0.3 is 0 Å². The van der Waals surface area contributed by atoms with Crippen molar-refractivity contribution in [2.45, 2.75) is 5.75 Å². The van der Waals surface area contributed by atoms with E-state index in [1.807, 2.05) is 24.3 Å². The number of rotatable bonds is 3. The monoisotopic (exact) mass is 348 g/mol. The van der Waals surface area contributed by atoms with E-state index in [0.29, 0.717) is 34.6 Å². The maximum absolute atomic E-state index is 13.0. The van der Waals surface area contributed by atoms with Gasteiger partial charge in [0.1, 0.15) is 5.82 Å². The molecule has 2 aromatic carbocycles. The molecule has 0 N–H and O–H groups in total. The summed E-state index contributed by atoms with van der Waals surface area (Å²) in [6, 6.07) is 13.2. The van der Waals surface area contributed by atoms with Crippen LogP contribution in [0.25, 0.3) is 0 Å². The van der Waals surface area contributed by atoms with E-state index in [1.165, 1.54) is 36.0 Å². The van der Waals surface area contributed by atoms with Crippen LogP contribution in [0, 0.1) is 5.82 Å². The molecular formula is C17H14ClFN2OS. The zero-order valence-corrected chi connectivity index (χ0v) is 13.8. The summed E-state index contributed by atoms with van der Waals surface area (Å²) < 4.78 is 13.0. The summed E-state index contributed by atoms with van der Waals surface area (Å²) in [6.07, 6.45) is 0. The predicted molar refractivity (Wildman–Crippen MR) is 92.5 cm³/mol. The number of benzene rings is 2. The van der Waals surface area contributed by atoms with Crippen LogP contribution < -0.4 is 0 Å². The first kappa shape index (κ1) is 16.0. The van der Waals surface area contributed by atoms with Gasteiger partial charge in [0.2, 0.25) is 0 Å². The van der Waals surface area contributed by atoms with Gasteiger partial charge in [0, 0.05) is 22.9 Å². The van der Waals surface area contributed by atoms with Gasteiger partial charge in [-0.2, -0.15) is 0 Å². The van der Waals surface area contributed by atoms with Crippen molar-refractivity contribution < 1.29 is 9.18 Å². The van der Waals surface area contributed by atoms with Crippen molar-refractivity contribution in [3.63, 3.8) is 0 Å². The first-order valence-electron chi connectivity index (χ1n) is 7.12. The van der Waals surface area contributed by atoms with Gasteiger partial charge in [-0.25, -0.2) is 4.39 Å². The fraction of sp³-hybridized carbons (Fsp3) is 0.176. The molecule has 0 radical (unpaired) electrons. The average Bonchev–Trinajstić information content (AvgIpc) is 3.03. The molecule has 0 bridgehead atoms. The normalized spacial score (nSPS) is 14.0. The van der Waals surface area contributed by atoms with Crippen molar-refractivity contribution in [1.29, 1.82) is 0 Å². The van der Waals surface area contributed by atoms with Crippen LogP contribution in [-0.2, 0) is 5.75 Å². The Morgan fingerprint density at radius 3 is 2.57 bits per heavy atom. The molecule has 0 unspecified atom stereocenters. The molecule has 118 valence electrons. The van der Waals surface area contributed by atoms with Crippen LogP contribution in [-0.4, -0.2) is 29.1 Å². The minimum absolute atomic E-state index is 0.148. The first-order chi connectivity index (χ1) is 11.1. The van der Waals surface area contributed by atoms with Crippen LogP contribution >= 0.6 is 23.4 Å². The van der Waals surface area contributed by atoms with E-state index in [2.05, 4.69) is 4.99 Å². The fourth-order valence-electron chi connectivity index (χ4n) is 2.22. The van der Waals surface area contributed by atoms with E-state index in [4.69, 9.17) is 11.6 Å². The molecule has 3 nitrogen and oxygen atoms in total. The van der Waals surface area contributed by atoms with Gasteiger partial charge in [0.15, 0.2) is 5.17 Å². The molecule has 0 spiro atoms. The van der Waals surface area contributed by atoms with Gasteiger partial charge in [-0.1, -0.05) is 35.5 Å². The maximum atomic E-state index is 13.0. The van der Waals surface area contributed by atoms with Crippen molar-refractivity contribution in [2.75, 3.05) is 13.1 Å². The third-order valence-corrected chi connectivity index (χ3v) is 4.76. The summed E-state index contributed by atoms with van der Waals surface area (Å²) in [5.41, 5.74) is 1.58. The van der Waals surface area contributed by atoms with Crippen LogP contribution in [0.3, 0.4) is 0 Å². The predicted octanol–water partition coefficient (Wildman–Crippen LogP) is 4.22. The lowest BCUT2D eigenvalue weighted by Crippen LogP contribution is -2.32. The van der Waals surface area contributed by atoms with Crippen LogP contribution in [0.2, 0.25) is 5.02 Å². The Morgan fingerprint density at radius 1 is 1.17 bits per heavy atom. The van der Waals surface area contributed by atoms with Gasteiger partial charge in [0.25, 0.3) is 5.91 Å². The van der Waals surface area contributed by atoms with E-state index in [1.54, 1.807) is 4.90 Å². The van der Waals surface area contributed by atoms with Gasteiger partial charge in [-0.3, -0.25) is 14.7 Å². The Hall–Kier alpha value is -1.85. The number of hydrogen-bond donors (Lipinski definition) is 0. The Bertz CT molecular complexity index is 731. The number of amidine groups is 1. The molecule has 23 heavy (non-hydrogen) atoms. The third-order valence-electron chi connectivity index (χ3n) is 3.42. The molecule has 0 saturated carbocycles. The fourth-order valence-corrected chi connectivity index (χ4v) is 3.34. The van der Waals surface area contributed by atoms with Gasteiger partial charge in [-0.15, -0.1) is 0 Å². The average molecular weight is 349 g/mol. The van der Waals surface area contributed by atoms with Crippen LogP contribution in [0.5, 0.6) is 0 Å². The van der Waals surface area contributed by atoms with E-state index < -0.39 is 0 Å². The van der Waals surface area contributed by atoms with E-state index in [9.17, 15) is 9.18 Å².